The molecule has 6 heteroatoms. The highest BCUT2D eigenvalue weighted by atomic mass is 16.6. The zero-order valence-corrected chi connectivity index (χ0v) is 28.5. The van der Waals surface area contributed by atoms with Gasteiger partial charge < -0.3 is 18.9 Å². The Kier molecular flexibility index (Phi) is 10.1. The molecule has 7 rings (SSSR count). The van der Waals surface area contributed by atoms with Crippen molar-refractivity contribution in [1.29, 1.82) is 0 Å². The van der Waals surface area contributed by atoms with Gasteiger partial charge in [0.05, 0.1) is 0 Å². The number of ether oxygens (including phenoxy) is 4. The van der Waals surface area contributed by atoms with Crippen LogP contribution in [0.5, 0.6) is 11.5 Å². The molecule has 0 atom stereocenters. The lowest BCUT2D eigenvalue weighted by atomic mass is 9.85. The summed E-state index contributed by atoms with van der Waals surface area (Å²) in [6.07, 6.45) is 2.28. The number of esters is 2. The van der Waals surface area contributed by atoms with E-state index in [1.54, 1.807) is 0 Å². The third-order valence-electron chi connectivity index (χ3n) is 8.88. The van der Waals surface area contributed by atoms with Crippen LogP contribution in [0.15, 0.2) is 159 Å². The Morgan fingerprint density at radius 1 is 0.423 bits per heavy atom. The van der Waals surface area contributed by atoms with Crippen molar-refractivity contribution in [1.82, 2.24) is 0 Å². The molecule has 0 aliphatic carbocycles. The van der Waals surface area contributed by atoms with Gasteiger partial charge in [-0.15, -0.1) is 0 Å². The number of hydrogen-bond donors (Lipinski definition) is 0. The van der Waals surface area contributed by atoms with E-state index in [4.69, 9.17) is 18.9 Å². The van der Waals surface area contributed by atoms with Crippen molar-refractivity contribution in [3.05, 3.63) is 159 Å². The number of carbonyl (C=O) groups is 2. The van der Waals surface area contributed by atoms with Crippen molar-refractivity contribution in [2.75, 3.05) is 26.4 Å². The number of carbonyl (C=O) groups excluding carboxylic acids is 2. The first-order valence-electron chi connectivity index (χ1n) is 17.0. The molecule has 0 bridgehead atoms. The van der Waals surface area contributed by atoms with Crippen LogP contribution in [0.3, 0.4) is 0 Å². The van der Waals surface area contributed by atoms with Crippen LogP contribution in [-0.2, 0) is 19.1 Å². The van der Waals surface area contributed by atoms with Crippen LogP contribution >= 0.6 is 0 Å². The Morgan fingerprint density at radius 3 is 1.37 bits per heavy atom. The zero-order chi connectivity index (χ0) is 35.9. The van der Waals surface area contributed by atoms with Crippen LogP contribution in [0, 0.1) is 0 Å². The second kappa shape index (κ2) is 15.5. The van der Waals surface area contributed by atoms with Gasteiger partial charge in [0.2, 0.25) is 0 Å². The van der Waals surface area contributed by atoms with E-state index in [0.29, 0.717) is 11.5 Å². The second-order valence-corrected chi connectivity index (χ2v) is 12.2. The molecular formula is C46H36O6. The average Bonchev–Trinajstić information content (AvgIpc) is 3.19. The first kappa shape index (κ1) is 33.8. The van der Waals surface area contributed by atoms with E-state index in [9.17, 15) is 9.59 Å². The molecule has 0 aromatic heterocycles. The fraction of sp³-hybridized carbons (Fsp3) is 0.0870. The standard InChI is InChI=1S/C46H36O6/c1-3-45(47)51-23-21-49-39-18-15-31(16-19-39)41-27-32-9-5-7-11-34(32)29-43(41)44-30-35-12-8-6-10-33(35)28-42(44)38-14-13-37-26-40(20-17-36(37)25-38)50-22-24-52-46(48)4-2/h3-20,25-30H,1-2,21-24H2. The molecule has 0 saturated heterocycles. The lowest BCUT2D eigenvalue weighted by Crippen LogP contribution is -2.10. The van der Waals surface area contributed by atoms with Crippen LogP contribution in [0.25, 0.3) is 65.7 Å². The van der Waals surface area contributed by atoms with Crippen LogP contribution in [0.1, 0.15) is 0 Å². The summed E-state index contributed by atoms with van der Waals surface area (Å²) in [5.41, 5.74) is 6.61. The van der Waals surface area contributed by atoms with Crippen molar-refractivity contribution in [3.8, 4) is 44.9 Å². The maximum Gasteiger partial charge on any atom is 0.330 e. The predicted molar refractivity (Wildman–Crippen MR) is 209 cm³/mol. The van der Waals surface area contributed by atoms with Crippen molar-refractivity contribution in [3.63, 3.8) is 0 Å². The quantitative estimate of drug-likeness (QED) is 0.0684. The maximum absolute atomic E-state index is 11.4. The van der Waals surface area contributed by atoms with E-state index >= 15 is 0 Å². The van der Waals surface area contributed by atoms with E-state index in [2.05, 4.69) is 122 Å². The molecular weight excluding hydrogens is 649 g/mol. The number of benzene rings is 7. The molecule has 7 aromatic rings. The SMILES string of the molecule is C=CC(=O)OCCOc1ccc(-c2cc3ccccc3cc2-c2cc3ccccc3cc2-c2ccc3cc(OCCOC(=O)C=C)ccc3c2)cc1. The van der Waals surface area contributed by atoms with Crippen LogP contribution in [-0.4, -0.2) is 38.4 Å². The third-order valence-corrected chi connectivity index (χ3v) is 8.88. The van der Waals surface area contributed by atoms with Gasteiger partial charge in [0.1, 0.15) is 37.9 Å². The lowest BCUT2D eigenvalue weighted by molar-refractivity contribution is -0.139. The highest BCUT2D eigenvalue weighted by Gasteiger charge is 2.16. The summed E-state index contributed by atoms with van der Waals surface area (Å²) in [5.74, 6) is 0.451. The van der Waals surface area contributed by atoms with Crippen molar-refractivity contribution < 1.29 is 28.5 Å². The van der Waals surface area contributed by atoms with Crippen molar-refractivity contribution in [2.24, 2.45) is 0 Å². The molecule has 0 saturated carbocycles. The van der Waals surface area contributed by atoms with Crippen molar-refractivity contribution in [2.45, 2.75) is 0 Å². The molecule has 0 heterocycles. The zero-order valence-electron chi connectivity index (χ0n) is 28.5. The topological polar surface area (TPSA) is 71.1 Å². The molecule has 0 N–H and O–H groups in total. The smallest absolute Gasteiger partial charge is 0.330 e. The first-order chi connectivity index (χ1) is 25.5. The van der Waals surface area contributed by atoms with E-state index in [1.165, 1.54) is 0 Å². The van der Waals surface area contributed by atoms with Crippen LogP contribution in [0.4, 0.5) is 0 Å². The summed E-state index contributed by atoms with van der Waals surface area (Å²) in [6.45, 7) is 7.62. The molecule has 0 aliphatic heterocycles. The van der Waals surface area contributed by atoms with E-state index in [-0.39, 0.29) is 26.4 Å². The van der Waals surface area contributed by atoms with Gasteiger partial charge in [0.15, 0.2) is 0 Å². The number of hydrogen-bond acceptors (Lipinski definition) is 6. The van der Waals surface area contributed by atoms with Crippen molar-refractivity contribution >= 4 is 44.3 Å². The van der Waals surface area contributed by atoms with E-state index < -0.39 is 11.9 Å². The Balaban J connectivity index is 1.27. The Bertz CT molecular complexity index is 2440. The average molecular weight is 685 g/mol. The van der Waals surface area contributed by atoms with Gasteiger partial charge >= 0.3 is 11.9 Å². The Hall–Kier alpha value is -6.66. The fourth-order valence-electron chi connectivity index (χ4n) is 6.34. The molecule has 6 nitrogen and oxygen atoms in total. The van der Waals surface area contributed by atoms with Gasteiger partial charge in [-0.2, -0.15) is 0 Å². The van der Waals surface area contributed by atoms with Gasteiger partial charge in [0.25, 0.3) is 0 Å². The molecule has 0 fully saturated rings. The summed E-state index contributed by atoms with van der Waals surface area (Å²) >= 11 is 0. The molecule has 0 unspecified atom stereocenters. The van der Waals surface area contributed by atoms with Crippen LogP contribution in [0.2, 0.25) is 0 Å². The maximum atomic E-state index is 11.4. The fourth-order valence-corrected chi connectivity index (χ4v) is 6.34. The second-order valence-electron chi connectivity index (χ2n) is 12.2. The Labute approximate surface area is 302 Å². The van der Waals surface area contributed by atoms with Crippen LogP contribution < -0.4 is 9.47 Å². The Morgan fingerprint density at radius 2 is 0.827 bits per heavy atom. The molecule has 0 radical (unpaired) electrons. The highest BCUT2D eigenvalue weighted by molar-refractivity contribution is 6.04. The molecule has 52 heavy (non-hydrogen) atoms. The van der Waals surface area contributed by atoms with Gasteiger partial charge in [-0.05, 0) is 120 Å². The van der Waals surface area contributed by atoms with Gasteiger partial charge in [0, 0.05) is 12.2 Å². The minimum Gasteiger partial charge on any atom is -0.490 e. The van der Waals surface area contributed by atoms with Gasteiger partial charge in [-0.1, -0.05) is 92.0 Å². The first-order valence-corrected chi connectivity index (χ1v) is 17.0. The molecule has 0 amide bonds. The molecule has 0 spiro atoms. The van der Waals surface area contributed by atoms with Gasteiger partial charge in [-0.25, -0.2) is 9.59 Å². The third kappa shape index (κ3) is 7.57. The summed E-state index contributed by atoms with van der Waals surface area (Å²) in [7, 11) is 0. The molecule has 256 valence electrons. The largest absolute Gasteiger partial charge is 0.490 e. The normalized spacial score (nSPS) is 10.9. The molecule has 7 aromatic carbocycles. The summed E-state index contributed by atoms with van der Waals surface area (Å²) < 4.78 is 21.8. The minimum atomic E-state index is -0.472. The predicted octanol–water partition coefficient (Wildman–Crippen LogP) is 10.4. The molecule has 0 aliphatic rings. The minimum absolute atomic E-state index is 0.144. The summed E-state index contributed by atoms with van der Waals surface area (Å²) in [5, 5.41) is 6.73. The highest BCUT2D eigenvalue weighted by Crippen LogP contribution is 2.43. The lowest BCUT2D eigenvalue weighted by Gasteiger charge is -2.18. The monoisotopic (exact) mass is 684 g/mol. The number of fused-ring (bicyclic) bond motifs is 3. The van der Waals surface area contributed by atoms with Gasteiger partial charge in [-0.3, -0.25) is 0 Å². The summed E-state index contributed by atoms with van der Waals surface area (Å²) in [6, 6.07) is 46.5. The number of rotatable bonds is 13. The van der Waals surface area contributed by atoms with E-state index in [0.717, 1.165) is 77.9 Å². The summed E-state index contributed by atoms with van der Waals surface area (Å²) in [4.78, 5) is 22.7. The van der Waals surface area contributed by atoms with E-state index in [1.807, 2.05) is 24.3 Å².